The number of ether oxygens (including phenoxy) is 2. The molecule has 0 aromatic carbocycles. The zero-order valence-electron chi connectivity index (χ0n) is 36.3. The molecule has 1 aliphatic rings. The van der Waals surface area contributed by atoms with Crippen LogP contribution >= 0.6 is 0 Å². The summed E-state index contributed by atoms with van der Waals surface area (Å²) in [5.41, 5.74) is 0. The fourth-order valence-corrected chi connectivity index (χ4v) is 7.61. The van der Waals surface area contributed by atoms with Gasteiger partial charge in [-0.3, -0.25) is 4.79 Å². The molecule has 8 N–H and O–H groups in total. The maximum absolute atomic E-state index is 13.1. The van der Waals surface area contributed by atoms with Gasteiger partial charge in [-0.15, -0.1) is 0 Å². The highest BCUT2D eigenvalue weighted by molar-refractivity contribution is 5.80. The summed E-state index contributed by atoms with van der Waals surface area (Å²) in [4.78, 5) is 13.1. The average molecular weight is 816 g/mol. The molecule has 1 amide bonds. The molecule has 0 aromatic rings. The summed E-state index contributed by atoms with van der Waals surface area (Å²) < 4.78 is 11.1. The van der Waals surface area contributed by atoms with Crippen LogP contribution in [-0.2, 0) is 14.3 Å². The number of carbonyl (C=O) groups excluding carboxylic acids is 1. The smallest absolute Gasteiger partial charge is 0.249 e. The Morgan fingerprint density at radius 2 is 1.02 bits per heavy atom. The summed E-state index contributed by atoms with van der Waals surface area (Å²) in [6.45, 7) is 3.42. The molecule has 0 spiro atoms. The second-order valence-corrected chi connectivity index (χ2v) is 16.8. The van der Waals surface area contributed by atoms with Crippen LogP contribution in [0.25, 0.3) is 0 Å². The van der Waals surface area contributed by atoms with Crippen molar-refractivity contribution in [2.75, 3.05) is 13.2 Å². The normalized spacial score (nSPS) is 22.2. The molecule has 1 fully saturated rings. The van der Waals surface area contributed by atoms with E-state index in [-0.39, 0.29) is 12.8 Å². The third-order valence-corrected chi connectivity index (χ3v) is 11.6. The molecule has 1 aliphatic heterocycles. The van der Waals surface area contributed by atoms with Crippen molar-refractivity contribution in [1.29, 1.82) is 0 Å². The van der Waals surface area contributed by atoms with Crippen molar-refractivity contribution in [2.45, 2.75) is 262 Å². The van der Waals surface area contributed by atoms with E-state index in [1.165, 1.54) is 128 Å². The third kappa shape index (κ3) is 26.6. The standard InChI is InChI=1S/C46H89NO10/c1-3-5-7-9-11-13-15-17-18-19-20-21-22-24-26-28-30-32-34-39(50)45(55)47-37(36-56-46-44(54)43(53)42(52)40(35-48)57-46)41(51)38(49)33-31-29-27-25-23-16-14-12-10-8-6-4-2/h23,25,37-44,46,48-54H,3-22,24,26-36H2,1-2H3,(H,47,55)/t37-,38+,39+,40+,41-,42+,43-,44+,46+/m0/s1. The molecule has 57 heavy (non-hydrogen) atoms. The van der Waals surface area contributed by atoms with Crippen LogP contribution in [0.3, 0.4) is 0 Å². The van der Waals surface area contributed by atoms with Gasteiger partial charge in [0.05, 0.1) is 25.4 Å². The number of aliphatic hydroxyl groups is 7. The van der Waals surface area contributed by atoms with Gasteiger partial charge >= 0.3 is 0 Å². The molecule has 1 rings (SSSR count). The average Bonchev–Trinajstić information content (AvgIpc) is 3.21. The van der Waals surface area contributed by atoms with E-state index in [1.807, 2.05) is 0 Å². The monoisotopic (exact) mass is 816 g/mol. The number of hydrogen-bond acceptors (Lipinski definition) is 10. The molecule has 0 unspecified atom stereocenters. The minimum Gasteiger partial charge on any atom is -0.394 e. The van der Waals surface area contributed by atoms with E-state index in [0.29, 0.717) is 12.8 Å². The lowest BCUT2D eigenvalue weighted by Gasteiger charge is -2.40. The predicted octanol–water partition coefficient (Wildman–Crippen LogP) is 7.67. The van der Waals surface area contributed by atoms with E-state index in [2.05, 4.69) is 31.3 Å². The molecule has 11 heteroatoms. The van der Waals surface area contributed by atoms with Gasteiger partial charge in [0.1, 0.15) is 36.6 Å². The van der Waals surface area contributed by atoms with E-state index >= 15 is 0 Å². The maximum atomic E-state index is 13.1. The lowest BCUT2D eigenvalue weighted by molar-refractivity contribution is -0.303. The van der Waals surface area contributed by atoms with Gasteiger partial charge in [-0.05, 0) is 38.5 Å². The first kappa shape index (κ1) is 53.9. The highest BCUT2D eigenvalue weighted by Crippen LogP contribution is 2.23. The van der Waals surface area contributed by atoms with Crippen molar-refractivity contribution in [3.8, 4) is 0 Å². The Morgan fingerprint density at radius 3 is 1.49 bits per heavy atom. The van der Waals surface area contributed by atoms with Crippen LogP contribution < -0.4 is 5.32 Å². The summed E-state index contributed by atoms with van der Waals surface area (Å²) in [6.07, 6.45) is 26.9. The molecular formula is C46H89NO10. The summed E-state index contributed by atoms with van der Waals surface area (Å²) >= 11 is 0. The van der Waals surface area contributed by atoms with Crippen LogP contribution in [-0.4, -0.2) is 110 Å². The van der Waals surface area contributed by atoms with E-state index < -0.39 is 74.2 Å². The summed E-state index contributed by atoms with van der Waals surface area (Å²) in [7, 11) is 0. The zero-order chi connectivity index (χ0) is 41.9. The second kappa shape index (κ2) is 36.7. The predicted molar refractivity (Wildman–Crippen MR) is 229 cm³/mol. The van der Waals surface area contributed by atoms with Crippen LogP contribution in [0, 0.1) is 0 Å². The van der Waals surface area contributed by atoms with Gasteiger partial charge < -0.3 is 50.5 Å². The first-order chi connectivity index (χ1) is 27.7. The molecule has 338 valence electrons. The minimum atomic E-state index is -1.66. The number of allylic oxidation sites excluding steroid dienone is 2. The second-order valence-electron chi connectivity index (χ2n) is 16.8. The number of aliphatic hydroxyl groups excluding tert-OH is 7. The quantitative estimate of drug-likeness (QED) is 0.0226. The van der Waals surface area contributed by atoms with Crippen LogP contribution in [0.5, 0.6) is 0 Å². The van der Waals surface area contributed by atoms with Gasteiger partial charge in [0.15, 0.2) is 6.29 Å². The fraction of sp³-hybridized carbons (Fsp3) is 0.935. The Morgan fingerprint density at radius 1 is 0.596 bits per heavy atom. The number of unbranched alkanes of at least 4 members (excludes halogenated alkanes) is 25. The highest BCUT2D eigenvalue weighted by atomic mass is 16.7. The topological polar surface area (TPSA) is 189 Å². The fourth-order valence-electron chi connectivity index (χ4n) is 7.61. The van der Waals surface area contributed by atoms with Crippen molar-refractivity contribution >= 4 is 5.91 Å². The van der Waals surface area contributed by atoms with Gasteiger partial charge in [0.25, 0.3) is 0 Å². The third-order valence-electron chi connectivity index (χ3n) is 11.6. The molecule has 1 saturated heterocycles. The van der Waals surface area contributed by atoms with Crippen LogP contribution in [0.15, 0.2) is 12.2 Å². The van der Waals surface area contributed by atoms with Gasteiger partial charge in [-0.25, -0.2) is 0 Å². The number of amides is 1. The molecule has 9 atom stereocenters. The van der Waals surface area contributed by atoms with E-state index in [9.17, 15) is 40.5 Å². The van der Waals surface area contributed by atoms with Crippen LogP contribution in [0.2, 0.25) is 0 Å². The van der Waals surface area contributed by atoms with Crippen molar-refractivity contribution in [3.63, 3.8) is 0 Å². The van der Waals surface area contributed by atoms with Crippen molar-refractivity contribution < 1.29 is 50.0 Å². The molecule has 0 aliphatic carbocycles. The van der Waals surface area contributed by atoms with E-state index in [1.54, 1.807) is 0 Å². The van der Waals surface area contributed by atoms with Gasteiger partial charge in [0.2, 0.25) is 5.91 Å². The van der Waals surface area contributed by atoms with Gasteiger partial charge in [0, 0.05) is 0 Å². The minimum absolute atomic E-state index is 0.260. The molecule has 11 nitrogen and oxygen atoms in total. The summed E-state index contributed by atoms with van der Waals surface area (Å²) in [5, 5.41) is 75.6. The summed E-state index contributed by atoms with van der Waals surface area (Å²) in [5.74, 6) is -0.703. The first-order valence-corrected chi connectivity index (χ1v) is 23.6. The molecule has 1 heterocycles. The molecule has 0 radical (unpaired) electrons. The van der Waals surface area contributed by atoms with Crippen LogP contribution in [0.4, 0.5) is 0 Å². The van der Waals surface area contributed by atoms with Crippen molar-refractivity contribution in [3.05, 3.63) is 12.2 Å². The van der Waals surface area contributed by atoms with Gasteiger partial charge in [-0.2, -0.15) is 0 Å². The zero-order valence-corrected chi connectivity index (χ0v) is 36.3. The van der Waals surface area contributed by atoms with Crippen molar-refractivity contribution in [2.24, 2.45) is 0 Å². The number of carbonyl (C=O) groups is 1. The van der Waals surface area contributed by atoms with Crippen molar-refractivity contribution in [1.82, 2.24) is 5.32 Å². The lowest BCUT2D eigenvalue weighted by Crippen LogP contribution is -2.60. The Bertz CT molecular complexity index is 939. The first-order valence-electron chi connectivity index (χ1n) is 23.6. The van der Waals surface area contributed by atoms with E-state index in [0.717, 1.165) is 38.5 Å². The molecule has 0 saturated carbocycles. The largest absolute Gasteiger partial charge is 0.394 e. The van der Waals surface area contributed by atoms with Crippen LogP contribution in [0.1, 0.15) is 206 Å². The Hall–Kier alpha value is -1.15. The number of nitrogens with one attached hydrogen (secondary N) is 1. The van der Waals surface area contributed by atoms with Gasteiger partial charge in [-0.1, -0.05) is 180 Å². The molecule has 0 aromatic heterocycles. The Balaban J connectivity index is 2.43. The molecule has 0 bridgehead atoms. The molecular weight excluding hydrogens is 727 g/mol. The Labute approximate surface area is 347 Å². The highest BCUT2D eigenvalue weighted by Gasteiger charge is 2.44. The SMILES string of the molecule is CCCCCCCCC=CCCCC[C@@H](O)[C@@H](O)[C@H](CO[C@@H]1O[C@H](CO)[C@@H](O)[C@H](O)[C@H]1O)NC(=O)[C@H](O)CCCCCCCCCCCCCCCCCCCC. The Kier molecular flexibility index (Phi) is 34.7. The number of hydrogen-bond donors (Lipinski definition) is 8. The lowest BCUT2D eigenvalue weighted by atomic mass is 9.98. The summed E-state index contributed by atoms with van der Waals surface area (Å²) in [6, 6.07) is -1.17. The number of rotatable bonds is 39. The van der Waals surface area contributed by atoms with E-state index in [4.69, 9.17) is 9.47 Å². The maximum Gasteiger partial charge on any atom is 0.249 e.